The summed E-state index contributed by atoms with van der Waals surface area (Å²) in [5.74, 6) is 0.220. The van der Waals surface area contributed by atoms with Crippen molar-refractivity contribution in [3.05, 3.63) is 93.9 Å². The standard InChI is InChI=1S/C26H24ClN3O5S/c1-35-20-10-12-21(13-11-20)36(33,34)30-22-14-9-19(27)17-23(22)29(26(30)32)24(18-7-3-2-4-8-18)25(31)28-15-5-6-16-28/h2-4,7-14,17,24H,5-6,15-16H2,1H3. The van der Waals surface area contributed by atoms with Crippen LogP contribution in [0.4, 0.5) is 0 Å². The quantitative estimate of drug-likeness (QED) is 0.380. The summed E-state index contributed by atoms with van der Waals surface area (Å²) in [5.41, 5.74) is 0.128. The summed E-state index contributed by atoms with van der Waals surface area (Å²) >= 11 is 6.29. The van der Waals surface area contributed by atoms with Crippen molar-refractivity contribution in [2.24, 2.45) is 0 Å². The first kappa shape index (κ1) is 24.1. The Kier molecular flexibility index (Phi) is 6.36. The van der Waals surface area contributed by atoms with Crippen LogP contribution in [0.1, 0.15) is 24.4 Å². The SMILES string of the molecule is COc1ccc(S(=O)(=O)n2c(=O)n(C(C(=O)N3CCCC3)c3ccccc3)c3cc(Cl)ccc32)cc1. The number of rotatable bonds is 6. The number of hydrogen-bond acceptors (Lipinski definition) is 5. The van der Waals surface area contributed by atoms with Gasteiger partial charge in [-0.3, -0.25) is 9.36 Å². The van der Waals surface area contributed by atoms with Crippen LogP contribution in [0.15, 0.2) is 82.5 Å². The number of ether oxygens (including phenoxy) is 1. The van der Waals surface area contributed by atoms with Gasteiger partial charge in [0.15, 0.2) is 0 Å². The molecule has 1 aliphatic rings. The van der Waals surface area contributed by atoms with Crippen LogP contribution in [0.5, 0.6) is 5.75 Å². The fraction of sp³-hybridized carbons (Fsp3) is 0.231. The van der Waals surface area contributed by atoms with Gasteiger partial charge < -0.3 is 9.64 Å². The monoisotopic (exact) mass is 525 g/mol. The predicted octanol–water partition coefficient (Wildman–Crippen LogP) is 3.91. The number of likely N-dealkylation sites (tertiary alicyclic amines) is 1. The van der Waals surface area contributed by atoms with Gasteiger partial charge in [0, 0.05) is 18.1 Å². The molecule has 0 aliphatic carbocycles. The molecule has 1 amide bonds. The predicted molar refractivity (Wildman–Crippen MR) is 137 cm³/mol. The van der Waals surface area contributed by atoms with Gasteiger partial charge in [-0.1, -0.05) is 41.9 Å². The summed E-state index contributed by atoms with van der Waals surface area (Å²) in [6.07, 6.45) is 1.75. The number of fused-ring (bicyclic) bond motifs is 1. The number of hydrogen-bond donors (Lipinski definition) is 0. The Morgan fingerprint density at radius 1 is 0.944 bits per heavy atom. The normalized spacial score (nSPS) is 14.8. The average Bonchev–Trinajstić information content (AvgIpc) is 3.52. The van der Waals surface area contributed by atoms with Crippen LogP contribution >= 0.6 is 11.6 Å². The summed E-state index contributed by atoms with van der Waals surface area (Å²) in [5, 5.41) is 0.315. The lowest BCUT2D eigenvalue weighted by atomic mass is 10.0. The van der Waals surface area contributed by atoms with Gasteiger partial charge in [0.2, 0.25) is 5.91 Å². The zero-order chi connectivity index (χ0) is 25.4. The largest absolute Gasteiger partial charge is 0.497 e. The Hall–Kier alpha value is -3.56. The molecule has 1 saturated heterocycles. The van der Waals surface area contributed by atoms with E-state index in [0.29, 0.717) is 29.4 Å². The third-order valence-corrected chi connectivity index (χ3v) is 8.36. The molecule has 8 nitrogen and oxygen atoms in total. The molecule has 5 rings (SSSR count). The van der Waals surface area contributed by atoms with Crippen molar-refractivity contribution in [1.29, 1.82) is 0 Å². The van der Waals surface area contributed by atoms with E-state index in [0.717, 1.165) is 16.8 Å². The van der Waals surface area contributed by atoms with Gasteiger partial charge in [-0.15, -0.1) is 0 Å². The molecule has 1 aliphatic heterocycles. The highest BCUT2D eigenvalue weighted by atomic mass is 35.5. The highest BCUT2D eigenvalue weighted by Gasteiger charge is 2.35. The van der Waals surface area contributed by atoms with Crippen molar-refractivity contribution in [3.63, 3.8) is 0 Å². The molecule has 1 unspecified atom stereocenters. The van der Waals surface area contributed by atoms with Gasteiger partial charge in [-0.05, 0) is 60.9 Å². The highest BCUT2D eigenvalue weighted by Crippen LogP contribution is 2.30. The summed E-state index contributed by atoms with van der Waals surface area (Å²) in [6, 6.07) is 18.2. The first-order chi connectivity index (χ1) is 17.3. The van der Waals surface area contributed by atoms with E-state index in [-0.39, 0.29) is 21.8 Å². The summed E-state index contributed by atoms with van der Waals surface area (Å²) in [4.78, 5) is 29.4. The minimum Gasteiger partial charge on any atom is -0.497 e. The Morgan fingerprint density at radius 3 is 2.25 bits per heavy atom. The molecule has 1 atom stereocenters. The summed E-state index contributed by atoms with van der Waals surface area (Å²) in [7, 11) is -2.84. The molecule has 1 aromatic heterocycles. The molecule has 0 spiro atoms. The van der Waals surface area contributed by atoms with E-state index in [1.54, 1.807) is 29.2 Å². The van der Waals surface area contributed by atoms with Crippen LogP contribution in [0, 0.1) is 0 Å². The lowest BCUT2D eigenvalue weighted by molar-refractivity contribution is -0.132. The Morgan fingerprint density at radius 2 is 1.61 bits per heavy atom. The minimum absolute atomic E-state index is 0.0819. The van der Waals surface area contributed by atoms with Crippen LogP contribution in [0.25, 0.3) is 11.0 Å². The van der Waals surface area contributed by atoms with E-state index in [1.807, 2.05) is 6.07 Å². The zero-order valence-electron chi connectivity index (χ0n) is 19.5. The number of imidazole rings is 1. The molecule has 1 fully saturated rings. The van der Waals surface area contributed by atoms with E-state index < -0.39 is 21.8 Å². The maximum Gasteiger partial charge on any atom is 0.344 e. The number of aromatic nitrogens is 2. The van der Waals surface area contributed by atoms with Gasteiger partial charge in [-0.2, -0.15) is 3.97 Å². The second-order valence-corrected chi connectivity index (χ2v) is 10.8. The molecule has 0 bridgehead atoms. The van der Waals surface area contributed by atoms with Crippen molar-refractivity contribution in [3.8, 4) is 5.75 Å². The van der Waals surface area contributed by atoms with Gasteiger partial charge >= 0.3 is 5.69 Å². The number of carbonyl (C=O) groups is 1. The highest BCUT2D eigenvalue weighted by molar-refractivity contribution is 7.90. The lowest BCUT2D eigenvalue weighted by Crippen LogP contribution is -2.40. The van der Waals surface area contributed by atoms with Crippen LogP contribution < -0.4 is 10.4 Å². The van der Waals surface area contributed by atoms with E-state index in [4.69, 9.17) is 16.3 Å². The first-order valence-corrected chi connectivity index (χ1v) is 13.3. The molecule has 0 saturated carbocycles. The second-order valence-electron chi connectivity index (χ2n) is 8.58. The molecule has 4 aromatic rings. The van der Waals surface area contributed by atoms with Gasteiger partial charge in [0.1, 0.15) is 11.8 Å². The molecule has 36 heavy (non-hydrogen) atoms. The molecule has 10 heteroatoms. The first-order valence-electron chi connectivity index (χ1n) is 11.5. The smallest absolute Gasteiger partial charge is 0.344 e. The Balaban J connectivity index is 1.79. The topological polar surface area (TPSA) is 90.6 Å². The third-order valence-electron chi connectivity index (χ3n) is 6.42. The van der Waals surface area contributed by atoms with Crippen molar-refractivity contribution in [1.82, 2.24) is 13.4 Å². The fourth-order valence-corrected chi connectivity index (χ4v) is 6.21. The number of amides is 1. The van der Waals surface area contributed by atoms with Gasteiger partial charge in [0.25, 0.3) is 10.0 Å². The lowest BCUT2D eigenvalue weighted by Gasteiger charge is -2.24. The summed E-state index contributed by atoms with van der Waals surface area (Å²) in [6.45, 7) is 1.17. The third kappa shape index (κ3) is 4.08. The molecule has 0 N–H and O–H groups in total. The zero-order valence-corrected chi connectivity index (χ0v) is 21.1. The number of benzene rings is 3. The molecule has 0 radical (unpaired) electrons. The molecule has 186 valence electrons. The van der Waals surface area contributed by atoms with Crippen molar-refractivity contribution < 1.29 is 17.9 Å². The molecular formula is C26H24ClN3O5S. The summed E-state index contributed by atoms with van der Waals surface area (Å²) < 4.78 is 34.6. The van der Waals surface area contributed by atoms with Crippen LogP contribution in [-0.4, -0.2) is 48.0 Å². The van der Waals surface area contributed by atoms with E-state index >= 15 is 0 Å². The van der Waals surface area contributed by atoms with Crippen LogP contribution in [0.2, 0.25) is 5.02 Å². The van der Waals surface area contributed by atoms with Crippen molar-refractivity contribution in [2.75, 3.05) is 20.2 Å². The van der Waals surface area contributed by atoms with E-state index in [9.17, 15) is 18.0 Å². The second kappa shape index (κ2) is 9.48. The maximum atomic E-state index is 14.0. The number of nitrogens with zero attached hydrogens (tertiary/aromatic N) is 3. The Labute approximate surface area is 213 Å². The average molecular weight is 526 g/mol. The minimum atomic E-state index is -4.31. The van der Waals surface area contributed by atoms with Crippen LogP contribution in [-0.2, 0) is 14.8 Å². The maximum absolute atomic E-state index is 14.0. The van der Waals surface area contributed by atoms with Crippen molar-refractivity contribution in [2.45, 2.75) is 23.8 Å². The van der Waals surface area contributed by atoms with Crippen molar-refractivity contribution >= 4 is 38.6 Å². The number of methoxy groups -OCH3 is 1. The number of carbonyl (C=O) groups excluding carboxylic acids is 1. The molecule has 2 heterocycles. The van der Waals surface area contributed by atoms with E-state index in [2.05, 4.69) is 0 Å². The Bertz CT molecular complexity index is 1590. The van der Waals surface area contributed by atoms with E-state index in [1.165, 1.54) is 54.1 Å². The van der Waals surface area contributed by atoms with Gasteiger partial charge in [0.05, 0.1) is 23.0 Å². The molecular weight excluding hydrogens is 502 g/mol. The van der Waals surface area contributed by atoms with Gasteiger partial charge in [-0.25, -0.2) is 13.2 Å². The molecule has 3 aromatic carbocycles. The number of halogens is 1. The fourth-order valence-electron chi connectivity index (χ4n) is 4.65. The van der Waals surface area contributed by atoms with Crippen LogP contribution in [0.3, 0.4) is 0 Å².